The molecule has 0 spiro atoms. The van der Waals surface area contributed by atoms with Gasteiger partial charge in [0.25, 0.3) is 10.0 Å². The van der Waals surface area contributed by atoms with Crippen molar-refractivity contribution in [2.45, 2.75) is 51.6 Å². The number of nitrogens with one attached hydrogen (secondary N) is 1. The normalized spacial score (nSPS) is 12.1. The van der Waals surface area contributed by atoms with Gasteiger partial charge >= 0.3 is 0 Å². The molecular weight excluding hydrogens is 562 g/mol. The highest BCUT2D eigenvalue weighted by Crippen LogP contribution is 2.28. The highest BCUT2D eigenvalue weighted by Gasteiger charge is 2.33. The standard InChI is InChI=1S/C31H38ClN3O5S/c1-6-29(31(37)33-19-22(2)3)34(20-24-12-10-23(4)11-13-24)30(36)21-35(26-9-7-8-25(32)18-26)41(38,39)28-16-14-27(40-5)15-17-28/h7-18,22,29H,6,19-21H2,1-5H3,(H,33,37)/t29-/m1/s1. The van der Waals surface area contributed by atoms with E-state index in [0.29, 0.717) is 23.7 Å². The molecule has 1 N–H and O–H groups in total. The monoisotopic (exact) mass is 599 g/mol. The van der Waals surface area contributed by atoms with E-state index in [0.717, 1.165) is 15.4 Å². The number of nitrogens with zero attached hydrogens (tertiary/aromatic N) is 2. The van der Waals surface area contributed by atoms with Crippen LogP contribution in [0.5, 0.6) is 5.75 Å². The lowest BCUT2D eigenvalue weighted by Crippen LogP contribution is -2.52. The topological polar surface area (TPSA) is 96.0 Å². The number of carbonyl (C=O) groups excluding carboxylic acids is 2. The molecule has 3 rings (SSSR count). The van der Waals surface area contributed by atoms with Crippen molar-refractivity contribution in [1.29, 1.82) is 0 Å². The molecular formula is C31H38ClN3O5S. The fourth-order valence-electron chi connectivity index (χ4n) is 4.27. The number of methoxy groups -OCH3 is 1. The second kappa shape index (κ2) is 14.4. The molecule has 3 aromatic carbocycles. The molecule has 0 aliphatic carbocycles. The van der Waals surface area contributed by atoms with E-state index in [2.05, 4.69) is 5.32 Å². The van der Waals surface area contributed by atoms with Gasteiger partial charge in [0.15, 0.2) is 0 Å². The predicted octanol–water partition coefficient (Wildman–Crippen LogP) is 5.43. The molecule has 0 radical (unpaired) electrons. The summed E-state index contributed by atoms with van der Waals surface area (Å²) in [5, 5.41) is 3.25. The zero-order chi connectivity index (χ0) is 30.2. The van der Waals surface area contributed by atoms with E-state index in [-0.39, 0.29) is 29.0 Å². The number of carbonyl (C=O) groups is 2. The molecule has 2 amide bonds. The molecule has 0 saturated carbocycles. The summed E-state index contributed by atoms with van der Waals surface area (Å²) in [5.41, 5.74) is 2.12. The molecule has 8 nitrogen and oxygen atoms in total. The van der Waals surface area contributed by atoms with Crippen LogP contribution in [0.25, 0.3) is 0 Å². The van der Waals surface area contributed by atoms with Crippen LogP contribution in [0, 0.1) is 12.8 Å². The van der Waals surface area contributed by atoms with Gasteiger partial charge in [0.2, 0.25) is 11.8 Å². The Kier molecular flexibility index (Phi) is 11.2. The van der Waals surface area contributed by atoms with Gasteiger partial charge in [-0.2, -0.15) is 0 Å². The molecule has 0 aliphatic rings. The maximum atomic E-state index is 14.1. The highest BCUT2D eigenvalue weighted by molar-refractivity contribution is 7.92. The van der Waals surface area contributed by atoms with E-state index in [9.17, 15) is 18.0 Å². The van der Waals surface area contributed by atoms with Crippen molar-refractivity contribution in [2.24, 2.45) is 5.92 Å². The zero-order valence-corrected chi connectivity index (χ0v) is 25.7. The first-order chi connectivity index (χ1) is 19.5. The van der Waals surface area contributed by atoms with Crippen LogP contribution in [0.15, 0.2) is 77.7 Å². The van der Waals surface area contributed by atoms with Crippen LogP contribution in [-0.2, 0) is 26.2 Å². The van der Waals surface area contributed by atoms with E-state index in [1.54, 1.807) is 30.3 Å². The highest BCUT2D eigenvalue weighted by atomic mass is 35.5. The van der Waals surface area contributed by atoms with Gasteiger partial charge in [-0.15, -0.1) is 0 Å². The number of rotatable bonds is 13. The molecule has 1 atom stereocenters. The number of anilines is 1. The molecule has 0 aromatic heterocycles. The number of aryl methyl sites for hydroxylation is 1. The Labute approximate surface area is 248 Å². The van der Waals surface area contributed by atoms with Crippen LogP contribution in [0.1, 0.15) is 38.3 Å². The first kappa shape index (κ1) is 32.0. The minimum atomic E-state index is -4.21. The van der Waals surface area contributed by atoms with Crippen LogP contribution in [0.2, 0.25) is 5.02 Å². The Morgan fingerprint density at radius 2 is 1.66 bits per heavy atom. The SMILES string of the molecule is CC[C@H](C(=O)NCC(C)C)N(Cc1ccc(C)cc1)C(=O)CN(c1cccc(Cl)c1)S(=O)(=O)c1ccc(OC)cc1. The van der Waals surface area contributed by atoms with Crippen LogP contribution >= 0.6 is 11.6 Å². The Bertz CT molecular complexity index is 1430. The van der Waals surface area contributed by atoms with Gasteiger partial charge in [0, 0.05) is 18.1 Å². The van der Waals surface area contributed by atoms with Gasteiger partial charge in [-0.1, -0.05) is 68.3 Å². The van der Waals surface area contributed by atoms with Gasteiger partial charge in [-0.25, -0.2) is 8.42 Å². The van der Waals surface area contributed by atoms with Gasteiger partial charge in [-0.3, -0.25) is 13.9 Å². The molecule has 0 unspecified atom stereocenters. The van der Waals surface area contributed by atoms with Gasteiger partial charge in [-0.05, 0) is 67.3 Å². The van der Waals surface area contributed by atoms with Gasteiger partial charge < -0.3 is 15.0 Å². The lowest BCUT2D eigenvalue weighted by Gasteiger charge is -2.33. The third-order valence-electron chi connectivity index (χ3n) is 6.57. The summed E-state index contributed by atoms with van der Waals surface area (Å²) < 4.78 is 34.1. The minimum absolute atomic E-state index is 0.0159. The summed E-state index contributed by atoms with van der Waals surface area (Å²) in [6.07, 6.45) is 0.351. The summed E-state index contributed by atoms with van der Waals surface area (Å²) in [6.45, 7) is 7.84. The smallest absolute Gasteiger partial charge is 0.264 e. The number of sulfonamides is 1. The lowest BCUT2D eigenvalue weighted by atomic mass is 10.1. The van der Waals surface area contributed by atoms with E-state index in [1.807, 2.05) is 52.0 Å². The van der Waals surface area contributed by atoms with Crippen molar-refractivity contribution in [3.05, 3.63) is 88.9 Å². The van der Waals surface area contributed by atoms with E-state index < -0.39 is 28.5 Å². The van der Waals surface area contributed by atoms with Gasteiger partial charge in [0.1, 0.15) is 18.3 Å². The molecule has 220 valence electrons. The number of halogens is 1. The Hall–Kier alpha value is -3.56. The first-order valence-corrected chi connectivity index (χ1v) is 15.3. The Balaban J connectivity index is 2.04. The molecule has 41 heavy (non-hydrogen) atoms. The zero-order valence-electron chi connectivity index (χ0n) is 24.1. The summed E-state index contributed by atoms with van der Waals surface area (Å²) in [4.78, 5) is 28.8. The molecule has 0 fully saturated rings. The van der Waals surface area contributed by atoms with E-state index >= 15 is 0 Å². The molecule has 10 heteroatoms. The van der Waals surface area contributed by atoms with Crippen molar-refractivity contribution in [3.8, 4) is 5.75 Å². The van der Waals surface area contributed by atoms with Crippen molar-refractivity contribution >= 4 is 39.1 Å². The third kappa shape index (κ3) is 8.47. The number of amides is 2. The van der Waals surface area contributed by atoms with Crippen molar-refractivity contribution < 1.29 is 22.7 Å². The first-order valence-electron chi connectivity index (χ1n) is 13.5. The number of hydrogen-bond acceptors (Lipinski definition) is 5. The summed E-state index contributed by atoms with van der Waals surface area (Å²) >= 11 is 6.23. The molecule has 0 bridgehead atoms. The molecule has 0 saturated heterocycles. The molecule has 0 aliphatic heterocycles. The van der Waals surface area contributed by atoms with E-state index in [1.165, 1.54) is 30.2 Å². The molecule has 0 heterocycles. The lowest BCUT2D eigenvalue weighted by molar-refractivity contribution is -0.140. The largest absolute Gasteiger partial charge is 0.497 e. The summed E-state index contributed by atoms with van der Waals surface area (Å²) in [7, 11) is -2.72. The summed E-state index contributed by atoms with van der Waals surface area (Å²) in [6, 6.07) is 19.1. The number of ether oxygens (including phenoxy) is 1. The van der Waals surface area contributed by atoms with E-state index in [4.69, 9.17) is 16.3 Å². The second-order valence-electron chi connectivity index (χ2n) is 10.2. The molecule has 3 aromatic rings. The third-order valence-corrected chi connectivity index (χ3v) is 8.59. The van der Waals surface area contributed by atoms with Crippen LogP contribution in [0.3, 0.4) is 0 Å². The minimum Gasteiger partial charge on any atom is -0.497 e. The van der Waals surface area contributed by atoms with Gasteiger partial charge in [0.05, 0.1) is 17.7 Å². The average molecular weight is 600 g/mol. The Morgan fingerprint density at radius 1 is 1.00 bits per heavy atom. The van der Waals surface area contributed by atoms with Crippen LogP contribution < -0.4 is 14.4 Å². The van der Waals surface area contributed by atoms with Crippen molar-refractivity contribution in [2.75, 3.05) is 24.5 Å². The fourth-order valence-corrected chi connectivity index (χ4v) is 5.86. The maximum Gasteiger partial charge on any atom is 0.264 e. The predicted molar refractivity (Wildman–Crippen MR) is 163 cm³/mol. The average Bonchev–Trinajstić information content (AvgIpc) is 2.95. The Morgan fingerprint density at radius 3 is 2.22 bits per heavy atom. The van der Waals surface area contributed by atoms with Crippen molar-refractivity contribution in [3.63, 3.8) is 0 Å². The maximum absolute atomic E-state index is 14.1. The number of benzene rings is 3. The fraction of sp³-hybridized carbons (Fsp3) is 0.355. The summed E-state index contributed by atoms with van der Waals surface area (Å²) in [5.74, 6) is -0.0781. The van der Waals surface area contributed by atoms with Crippen LogP contribution in [-0.4, -0.2) is 51.4 Å². The number of hydrogen-bond donors (Lipinski definition) is 1. The van der Waals surface area contributed by atoms with Crippen LogP contribution in [0.4, 0.5) is 5.69 Å². The second-order valence-corrected chi connectivity index (χ2v) is 12.5. The quantitative estimate of drug-likeness (QED) is 0.283. The van der Waals surface area contributed by atoms with Crippen molar-refractivity contribution in [1.82, 2.24) is 10.2 Å².